The maximum atomic E-state index is 4.28. The largest absolute Gasteiger partial charge is 0.372 e. The predicted octanol–water partition coefficient (Wildman–Crippen LogP) is 3.52. The highest BCUT2D eigenvalue weighted by Crippen LogP contribution is 2.30. The third kappa shape index (κ3) is 3.34. The first-order valence-corrected chi connectivity index (χ1v) is 7.42. The average Bonchev–Trinajstić information content (AvgIpc) is 2.38. The van der Waals surface area contributed by atoms with E-state index in [1.165, 1.54) is 25.7 Å². The summed E-state index contributed by atoms with van der Waals surface area (Å²) in [4.78, 5) is 8.44. The van der Waals surface area contributed by atoms with Crippen molar-refractivity contribution in [3.63, 3.8) is 0 Å². The Morgan fingerprint density at radius 3 is 2.83 bits per heavy atom. The van der Waals surface area contributed by atoms with Crippen LogP contribution in [0.25, 0.3) is 0 Å². The second-order valence-electron chi connectivity index (χ2n) is 5.15. The average molecular weight is 313 g/mol. The van der Waals surface area contributed by atoms with Crippen molar-refractivity contribution in [2.45, 2.75) is 32.6 Å². The SMILES string of the molecule is CNc1ncnc(NCC2CCCC(C)C2)c1Br. The molecule has 0 radical (unpaired) electrons. The molecule has 2 rings (SSSR count). The van der Waals surface area contributed by atoms with E-state index in [1.807, 2.05) is 7.05 Å². The second kappa shape index (κ2) is 6.36. The minimum atomic E-state index is 0.772. The molecule has 5 heteroatoms. The van der Waals surface area contributed by atoms with E-state index in [0.717, 1.165) is 34.5 Å². The molecule has 0 aromatic carbocycles. The first-order valence-electron chi connectivity index (χ1n) is 6.62. The summed E-state index contributed by atoms with van der Waals surface area (Å²) in [6.45, 7) is 3.36. The molecule has 1 aromatic rings. The molecule has 18 heavy (non-hydrogen) atoms. The molecular weight excluding hydrogens is 292 g/mol. The van der Waals surface area contributed by atoms with Crippen molar-refractivity contribution in [1.82, 2.24) is 9.97 Å². The van der Waals surface area contributed by atoms with Gasteiger partial charge in [-0.1, -0.05) is 19.8 Å². The van der Waals surface area contributed by atoms with Gasteiger partial charge >= 0.3 is 0 Å². The third-order valence-corrected chi connectivity index (χ3v) is 4.38. The van der Waals surface area contributed by atoms with E-state index in [4.69, 9.17) is 0 Å². The van der Waals surface area contributed by atoms with Gasteiger partial charge in [-0.3, -0.25) is 0 Å². The van der Waals surface area contributed by atoms with Crippen LogP contribution < -0.4 is 10.6 Å². The summed E-state index contributed by atoms with van der Waals surface area (Å²) in [7, 11) is 1.86. The number of hydrogen-bond donors (Lipinski definition) is 2. The lowest BCUT2D eigenvalue weighted by Crippen LogP contribution is -2.21. The van der Waals surface area contributed by atoms with Crippen LogP contribution in [-0.4, -0.2) is 23.6 Å². The second-order valence-corrected chi connectivity index (χ2v) is 5.95. The lowest BCUT2D eigenvalue weighted by atomic mass is 9.82. The van der Waals surface area contributed by atoms with E-state index in [-0.39, 0.29) is 0 Å². The maximum absolute atomic E-state index is 4.28. The van der Waals surface area contributed by atoms with Crippen LogP contribution in [0, 0.1) is 11.8 Å². The lowest BCUT2D eigenvalue weighted by Gasteiger charge is -2.27. The number of anilines is 2. The molecule has 2 unspecified atom stereocenters. The molecule has 1 aromatic heterocycles. The van der Waals surface area contributed by atoms with E-state index >= 15 is 0 Å². The van der Waals surface area contributed by atoms with Crippen molar-refractivity contribution in [2.24, 2.45) is 11.8 Å². The Balaban J connectivity index is 1.93. The Morgan fingerprint density at radius 1 is 1.33 bits per heavy atom. The van der Waals surface area contributed by atoms with Gasteiger partial charge in [0.25, 0.3) is 0 Å². The summed E-state index contributed by atoms with van der Waals surface area (Å²) in [5.41, 5.74) is 0. The van der Waals surface area contributed by atoms with Gasteiger partial charge in [-0.05, 0) is 40.6 Å². The summed E-state index contributed by atoms with van der Waals surface area (Å²) < 4.78 is 0.913. The molecule has 0 bridgehead atoms. The van der Waals surface area contributed by atoms with Gasteiger partial charge in [-0.15, -0.1) is 0 Å². The minimum absolute atomic E-state index is 0.772. The quantitative estimate of drug-likeness (QED) is 0.893. The van der Waals surface area contributed by atoms with Crippen molar-refractivity contribution in [3.05, 3.63) is 10.8 Å². The van der Waals surface area contributed by atoms with Crippen LogP contribution in [0.4, 0.5) is 11.6 Å². The molecule has 0 aliphatic heterocycles. The topological polar surface area (TPSA) is 49.8 Å². The lowest BCUT2D eigenvalue weighted by molar-refractivity contribution is 0.293. The molecule has 100 valence electrons. The number of hydrogen-bond acceptors (Lipinski definition) is 4. The fraction of sp³-hybridized carbons (Fsp3) is 0.692. The molecule has 1 heterocycles. The van der Waals surface area contributed by atoms with E-state index in [0.29, 0.717) is 0 Å². The summed E-state index contributed by atoms with van der Waals surface area (Å²) in [6.07, 6.45) is 6.99. The molecule has 2 atom stereocenters. The number of halogens is 1. The normalized spacial score (nSPS) is 23.7. The highest BCUT2D eigenvalue weighted by molar-refractivity contribution is 9.10. The highest BCUT2D eigenvalue weighted by Gasteiger charge is 2.19. The molecule has 4 nitrogen and oxygen atoms in total. The van der Waals surface area contributed by atoms with Crippen molar-refractivity contribution >= 4 is 27.6 Å². The van der Waals surface area contributed by atoms with Crippen LogP contribution in [0.5, 0.6) is 0 Å². The van der Waals surface area contributed by atoms with Gasteiger partial charge in [-0.2, -0.15) is 0 Å². The third-order valence-electron chi connectivity index (χ3n) is 3.63. The molecule has 0 spiro atoms. The fourth-order valence-corrected chi connectivity index (χ4v) is 3.20. The number of rotatable bonds is 4. The molecule has 1 fully saturated rings. The zero-order valence-electron chi connectivity index (χ0n) is 11.0. The molecule has 0 amide bonds. The van der Waals surface area contributed by atoms with E-state index in [9.17, 15) is 0 Å². The van der Waals surface area contributed by atoms with Crippen LogP contribution in [-0.2, 0) is 0 Å². The molecular formula is C13H21BrN4. The highest BCUT2D eigenvalue weighted by atomic mass is 79.9. The predicted molar refractivity (Wildman–Crippen MR) is 78.9 cm³/mol. The standard InChI is InChI=1S/C13H21BrN4/c1-9-4-3-5-10(6-9)7-16-13-11(14)12(15-2)17-8-18-13/h8-10H,3-7H2,1-2H3,(H2,15,16,17,18). The van der Waals surface area contributed by atoms with E-state index in [1.54, 1.807) is 6.33 Å². The van der Waals surface area contributed by atoms with E-state index in [2.05, 4.69) is 43.5 Å². The first kappa shape index (κ1) is 13.6. The first-order chi connectivity index (χ1) is 8.70. The fourth-order valence-electron chi connectivity index (χ4n) is 2.65. The summed E-state index contributed by atoms with van der Waals surface area (Å²) >= 11 is 3.53. The van der Waals surface area contributed by atoms with Crippen LogP contribution >= 0.6 is 15.9 Å². The number of aromatic nitrogens is 2. The molecule has 0 saturated heterocycles. The Morgan fingerprint density at radius 2 is 2.11 bits per heavy atom. The number of nitrogens with one attached hydrogen (secondary N) is 2. The Bertz CT molecular complexity index is 397. The van der Waals surface area contributed by atoms with Crippen LogP contribution in [0.2, 0.25) is 0 Å². The van der Waals surface area contributed by atoms with Crippen LogP contribution in [0.1, 0.15) is 32.6 Å². The van der Waals surface area contributed by atoms with Crippen molar-refractivity contribution in [3.8, 4) is 0 Å². The summed E-state index contributed by atoms with van der Waals surface area (Å²) in [6, 6.07) is 0. The maximum Gasteiger partial charge on any atom is 0.145 e. The van der Waals surface area contributed by atoms with Crippen LogP contribution in [0.3, 0.4) is 0 Å². The summed E-state index contributed by atoms with van der Waals surface area (Å²) in [5, 5.41) is 6.48. The molecule has 1 aliphatic rings. The van der Waals surface area contributed by atoms with E-state index < -0.39 is 0 Å². The van der Waals surface area contributed by atoms with Gasteiger partial charge in [0.1, 0.15) is 22.4 Å². The van der Waals surface area contributed by atoms with Crippen LogP contribution in [0.15, 0.2) is 10.8 Å². The smallest absolute Gasteiger partial charge is 0.145 e. The van der Waals surface area contributed by atoms with Gasteiger partial charge in [0.2, 0.25) is 0 Å². The zero-order chi connectivity index (χ0) is 13.0. The Kier molecular flexibility index (Phi) is 4.80. The summed E-state index contributed by atoms with van der Waals surface area (Å²) in [5.74, 6) is 3.35. The monoisotopic (exact) mass is 312 g/mol. The van der Waals surface area contributed by atoms with Gasteiger partial charge in [-0.25, -0.2) is 9.97 Å². The molecule has 1 aliphatic carbocycles. The molecule has 1 saturated carbocycles. The van der Waals surface area contributed by atoms with Gasteiger partial charge in [0.05, 0.1) is 0 Å². The van der Waals surface area contributed by atoms with Crippen molar-refractivity contribution in [2.75, 3.05) is 24.2 Å². The number of nitrogens with zero attached hydrogens (tertiary/aromatic N) is 2. The zero-order valence-corrected chi connectivity index (χ0v) is 12.6. The van der Waals surface area contributed by atoms with Crippen molar-refractivity contribution in [1.29, 1.82) is 0 Å². The Hall–Kier alpha value is -0.840. The van der Waals surface area contributed by atoms with Crippen molar-refractivity contribution < 1.29 is 0 Å². The minimum Gasteiger partial charge on any atom is -0.372 e. The Labute approximate surface area is 117 Å². The van der Waals surface area contributed by atoms with Gasteiger partial charge in [0, 0.05) is 13.6 Å². The van der Waals surface area contributed by atoms with Gasteiger partial charge < -0.3 is 10.6 Å². The van der Waals surface area contributed by atoms with Gasteiger partial charge in [0.15, 0.2) is 0 Å². The molecule has 2 N–H and O–H groups in total.